The average Bonchev–Trinajstić information content (AvgIpc) is 2.96. The Morgan fingerprint density at radius 1 is 1.40 bits per heavy atom. The van der Waals surface area contributed by atoms with Gasteiger partial charge < -0.3 is 5.32 Å². The SMILES string of the molecule is CC1C2CNCC2CN1S(=O)(=O)c1cc(F)ccc1Cl. The van der Waals surface area contributed by atoms with Crippen molar-refractivity contribution >= 4 is 21.6 Å². The first kappa shape index (κ1) is 14.3. The molecule has 0 bridgehead atoms. The highest BCUT2D eigenvalue weighted by Gasteiger charge is 2.47. The lowest BCUT2D eigenvalue weighted by Crippen LogP contribution is -2.38. The molecule has 2 fully saturated rings. The van der Waals surface area contributed by atoms with Gasteiger partial charge in [0.15, 0.2) is 0 Å². The number of nitrogens with zero attached hydrogens (tertiary/aromatic N) is 1. The van der Waals surface area contributed by atoms with Gasteiger partial charge in [0.2, 0.25) is 10.0 Å². The van der Waals surface area contributed by atoms with E-state index < -0.39 is 15.8 Å². The molecule has 2 saturated heterocycles. The van der Waals surface area contributed by atoms with Gasteiger partial charge in [0.1, 0.15) is 10.7 Å². The van der Waals surface area contributed by atoms with E-state index in [0.717, 1.165) is 25.2 Å². The molecule has 0 saturated carbocycles. The fourth-order valence-electron chi connectivity index (χ4n) is 3.25. The summed E-state index contributed by atoms with van der Waals surface area (Å²) >= 11 is 5.94. The quantitative estimate of drug-likeness (QED) is 0.903. The van der Waals surface area contributed by atoms with E-state index in [4.69, 9.17) is 11.6 Å². The van der Waals surface area contributed by atoms with Gasteiger partial charge in [0.25, 0.3) is 0 Å². The van der Waals surface area contributed by atoms with Crippen molar-refractivity contribution in [2.45, 2.75) is 17.9 Å². The maximum absolute atomic E-state index is 13.3. The van der Waals surface area contributed by atoms with Gasteiger partial charge in [-0.25, -0.2) is 12.8 Å². The van der Waals surface area contributed by atoms with Gasteiger partial charge in [-0.1, -0.05) is 11.6 Å². The topological polar surface area (TPSA) is 49.4 Å². The molecule has 0 spiro atoms. The average molecular weight is 319 g/mol. The van der Waals surface area contributed by atoms with Crippen LogP contribution in [0.5, 0.6) is 0 Å². The Hall–Kier alpha value is -0.690. The second-order valence-electron chi connectivity index (χ2n) is 5.47. The molecule has 1 N–H and O–H groups in total. The maximum Gasteiger partial charge on any atom is 0.244 e. The zero-order valence-corrected chi connectivity index (χ0v) is 12.6. The monoisotopic (exact) mass is 318 g/mol. The van der Waals surface area contributed by atoms with Gasteiger partial charge in [-0.3, -0.25) is 0 Å². The van der Waals surface area contributed by atoms with Crippen molar-refractivity contribution in [3.05, 3.63) is 29.0 Å². The Kier molecular flexibility index (Phi) is 3.52. The van der Waals surface area contributed by atoms with Crippen molar-refractivity contribution in [1.29, 1.82) is 0 Å². The molecule has 0 aromatic heterocycles. The molecule has 7 heteroatoms. The van der Waals surface area contributed by atoms with E-state index in [1.165, 1.54) is 10.4 Å². The van der Waals surface area contributed by atoms with Crippen LogP contribution in [0.3, 0.4) is 0 Å². The Morgan fingerprint density at radius 2 is 2.15 bits per heavy atom. The number of nitrogens with one attached hydrogen (secondary N) is 1. The fraction of sp³-hybridized carbons (Fsp3) is 0.538. The van der Waals surface area contributed by atoms with Crippen molar-refractivity contribution in [3.8, 4) is 0 Å². The van der Waals surface area contributed by atoms with Gasteiger partial charge in [-0.05, 0) is 50.0 Å². The molecule has 20 heavy (non-hydrogen) atoms. The van der Waals surface area contributed by atoms with Crippen molar-refractivity contribution in [2.24, 2.45) is 11.8 Å². The summed E-state index contributed by atoms with van der Waals surface area (Å²) in [6, 6.07) is 3.34. The van der Waals surface area contributed by atoms with E-state index >= 15 is 0 Å². The number of benzene rings is 1. The Balaban J connectivity index is 1.98. The van der Waals surface area contributed by atoms with Crippen LogP contribution in [0.25, 0.3) is 0 Å². The third-order valence-corrected chi connectivity index (χ3v) is 6.79. The van der Waals surface area contributed by atoms with Gasteiger partial charge in [0.05, 0.1) is 5.02 Å². The van der Waals surface area contributed by atoms with Crippen LogP contribution >= 0.6 is 11.6 Å². The molecule has 3 atom stereocenters. The summed E-state index contributed by atoms with van der Waals surface area (Å²) in [7, 11) is -3.75. The van der Waals surface area contributed by atoms with E-state index in [-0.39, 0.29) is 16.0 Å². The molecule has 2 aliphatic rings. The summed E-state index contributed by atoms with van der Waals surface area (Å²) < 4.78 is 40.2. The summed E-state index contributed by atoms with van der Waals surface area (Å²) in [4.78, 5) is -0.140. The lowest BCUT2D eigenvalue weighted by atomic mass is 9.95. The van der Waals surface area contributed by atoms with Crippen LogP contribution in [0, 0.1) is 17.7 Å². The minimum Gasteiger partial charge on any atom is -0.316 e. The molecule has 1 aromatic carbocycles. The molecule has 3 rings (SSSR count). The van der Waals surface area contributed by atoms with Gasteiger partial charge >= 0.3 is 0 Å². The number of sulfonamides is 1. The van der Waals surface area contributed by atoms with Gasteiger partial charge in [-0.2, -0.15) is 4.31 Å². The molecule has 3 unspecified atom stereocenters. The third-order valence-electron chi connectivity index (χ3n) is 4.36. The van der Waals surface area contributed by atoms with Gasteiger partial charge in [0, 0.05) is 12.6 Å². The number of fused-ring (bicyclic) bond motifs is 1. The standard InChI is InChI=1S/C13H16ClFN2O2S/c1-8-11-6-16-5-9(11)7-17(8)20(18,19)13-4-10(15)2-3-12(13)14/h2-4,8-9,11,16H,5-7H2,1H3. The Morgan fingerprint density at radius 3 is 2.85 bits per heavy atom. The van der Waals surface area contributed by atoms with Crippen LogP contribution in [0.15, 0.2) is 23.1 Å². The molecule has 4 nitrogen and oxygen atoms in total. The highest BCUT2D eigenvalue weighted by Crippen LogP contribution is 2.37. The summed E-state index contributed by atoms with van der Waals surface area (Å²) in [5.74, 6) is 0.0471. The largest absolute Gasteiger partial charge is 0.316 e. The molecule has 0 radical (unpaired) electrons. The molecule has 0 amide bonds. The minimum atomic E-state index is -3.75. The molecular weight excluding hydrogens is 303 g/mol. The number of halogens is 2. The first-order chi connectivity index (χ1) is 9.41. The normalized spacial score (nSPS) is 30.6. The predicted octanol–water partition coefficient (Wildman–Crippen LogP) is 1.71. The zero-order chi connectivity index (χ0) is 14.5. The zero-order valence-electron chi connectivity index (χ0n) is 11.0. The van der Waals surface area contributed by atoms with Crippen molar-refractivity contribution in [1.82, 2.24) is 9.62 Å². The predicted molar refractivity (Wildman–Crippen MR) is 74.6 cm³/mol. The van der Waals surface area contributed by atoms with Crippen LogP contribution in [-0.2, 0) is 10.0 Å². The summed E-state index contributed by atoms with van der Waals surface area (Å²) in [5, 5.41) is 3.34. The lowest BCUT2D eigenvalue weighted by Gasteiger charge is -2.24. The van der Waals surface area contributed by atoms with Gasteiger partial charge in [-0.15, -0.1) is 0 Å². The maximum atomic E-state index is 13.3. The van der Waals surface area contributed by atoms with Crippen molar-refractivity contribution in [2.75, 3.05) is 19.6 Å². The highest BCUT2D eigenvalue weighted by molar-refractivity contribution is 7.89. The van der Waals surface area contributed by atoms with Crippen molar-refractivity contribution in [3.63, 3.8) is 0 Å². The first-order valence-electron chi connectivity index (χ1n) is 6.59. The first-order valence-corrected chi connectivity index (χ1v) is 8.40. The molecule has 0 aliphatic carbocycles. The second-order valence-corrected chi connectivity index (χ2v) is 7.74. The van der Waals surface area contributed by atoms with E-state index in [1.54, 1.807) is 0 Å². The Labute approximate surface area is 123 Å². The number of hydrogen-bond acceptors (Lipinski definition) is 3. The van der Waals surface area contributed by atoms with E-state index in [9.17, 15) is 12.8 Å². The minimum absolute atomic E-state index is 0.0637. The van der Waals surface area contributed by atoms with E-state index in [1.807, 2.05) is 6.92 Å². The molecule has 110 valence electrons. The fourth-order valence-corrected chi connectivity index (χ4v) is 5.47. The van der Waals surface area contributed by atoms with E-state index in [2.05, 4.69) is 5.32 Å². The van der Waals surface area contributed by atoms with Crippen molar-refractivity contribution < 1.29 is 12.8 Å². The second kappa shape index (κ2) is 4.94. The summed E-state index contributed by atoms with van der Waals surface area (Å²) in [5.41, 5.74) is 0. The van der Waals surface area contributed by atoms with Crippen LogP contribution in [-0.4, -0.2) is 38.4 Å². The van der Waals surface area contributed by atoms with Crippen LogP contribution in [0.4, 0.5) is 4.39 Å². The lowest BCUT2D eigenvalue weighted by molar-refractivity contribution is 0.360. The van der Waals surface area contributed by atoms with Crippen LogP contribution in [0.1, 0.15) is 6.92 Å². The molecule has 2 heterocycles. The smallest absolute Gasteiger partial charge is 0.244 e. The number of rotatable bonds is 2. The molecule has 1 aromatic rings. The van der Waals surface area contributed by atoms with Crippen LogP contribution in [0.2, 0.25) is 5.02 Å². The van der Waals surface area contributed by atoms with Crippen LogP contribution < -0.4 is 5.32 Å². The van der Waals surface area contributed by atoms with E-state index in [0.29, 0.717) is 18.4 Å². The molecular formula is C13H16ClFN2O2S. The summed E-state index contributed by atoms with van der Waals surface area (Å²) in [6.07, 6.45) is 0. The molecule has 2 aliphatic heterocycles. The Bertz CT molecular complexity index is 637. The third kappa shape index (κ3) is 2.15. The number of hydrogen-bond donors (Lipinski definition) is 1. The summed E-state index contributed by atoms with van der Waals surface area (Å²) in [6.45, 7) is 4.03. The highest BCUT2D eigenvalue weighted by atomic mass is 35.5.